The lowest BCUT2D eigenvalue weighted by atomic mass is 9.92. The van der Waals surface area contributed by atoms with Crippen molar-refractivity contribution in [2.24, 2.45) is 5.41 Å². The van der Waals surface area contributed by atoms with Gasteiger partial charge in [-0.3, -0.25) is 0 Å². The number of fused-ring (bicyclic) bond motifs is 1. The van der Waals surface area contributed by atoms with Gasteiger partial charge in [-0.1, -0.05) is 32.9 Å². The zero-order valence-electron chi connectivity index (χ0n) is 11.3. The molecule has 2 nitrogen and oxygen atoms in total. The number of hydrogen-bond acceptors (Lipinski definition) is 2. The Hall–Kier alpha value is -1.18. The van der Waals surface area contributed by atoms with Crippen LogP contribution in [0.3, 0.4) is 0 Å². The zero-order chi connectivity index (χ0) is 12.3. The molecule has 1 N–H and O–H groups in total. The van der Waals surface area contributed by atoms with Crippen LogP contribution >= 0.6 is 0 Å². The molecule has 1 heterocycles. The molecule has 2 rings (SSSR count). The molecular formula is C15H24N2. The number of para-hydroxylation sites is 2. The van der Waals surface area contributed by atoms with Crippen LogP contribution in [0.15, 0.2) is 24.3 Å². The predicted octanol–water partition coefficient (Wildman–Crippen LogP) is 3.74. The summed E-state index contributed by atoms with van der Waals surface area (Å²) in [6, 6.07) is 8.66. The average Bonchev–Trinajstić information content (AvgIpc) is 2.47. The van der Waals surface area contributed by atoms with Crippen LogP contribution in [0, 0.1) is 5.41 Å². The lowest BCUT2D eigenvalue weighted by Crippen LogP contribution is -2.28. The van der Waals surface area contributed by atoms with E-state index >= 15 is 0 Å². The van der Waals surface area contributed by atoms with Gasteiger partial charge in [-0.15, -0.1) is 0 Å². The molecular weight excluding hydrogens is 208 g/mol. The summed E-state index contributed by atoms with van der Waals surface area (Å²) in [5.74, 6) is 0. The van der Waals surface area contributed by atoms with Gasteiger partial charge in [-0.05, 0) is 30.4 Å². The van der Waals surface area contributed by atoms with Gasteiger partial charge in [-0.25, -0.2) is 0 Å². The number of nitrogens with zero attached hydrogens (tertiary/aromatic N) is 1. The molecule has 0 aliphatic carbocycles. The van der Waals surface area contributed by atoms with Crippen molar-refractivity contribution in [2.75, 3.05) is 29.9 Å². The highest BCUT2D eigenvalue weighted by atomic mass is 15.2. The molecule has 2 heteroatoms. The molecule has 0 amide bonds. The minimum atomic E-state index is 0.411. The minimum absolute atomic E-state index is 0.411. The Morgan fingerprint density at radius 1 is 1.24 bits per heavy atom. The van der Waals surface area contributed by atoms with Crippen molar-refractivity contribution < 1.29 is 0 Å². The molecule has 0 spiro atoms. The molecule has 0 radical (unpaired) electrons. The highest BCUT2D eigenvalue weighted by molar-refractivity contribution is 5.70. The van der Waals surface area contributed by atoms with E-state index in [0.29, 0.717) is 5.41 Å². The smallest absolute Gasteiger partial charge is 0.0602 e. The Bertz CT molecular complexity index is 365. The van der Waals surface area contributed by atoms with E-state index in [0.717, 1.165) is 13.1 Å². The zero-order valence-corrected chi connectivity index (χ0v) is 11.3. The van der Waals surface area contributed by atoms with Gasteiger partial charge in [0, 0.05) is 19.6 Å². The van der Waals surface area contributed by atoms with E-state index < -0.39 is 0 Å². The van der Waals surface area contributed by atoms with E-state index in [1.807, 2.05) is 0 Å². The second-order valence-corrected chi connectivity index (χ2v) is 6.10. The standard InChI is InChI=1S/C15H24N2/c1-15(2,3)9-12-17-11-6-10-16-13-7-4-5-8-14(13)17/h4-5,7-8,16H,6,9-12H2,1-3H3. The van der Waals surface area contributed by atoms with Gasteiger partial charge in [0.05, 0.1) is 11.4 Å². The Morgan fingerprint density at radius 2 is 2.00 bits per heavy atom. The summed E-state index contributed by atoms with van der Waals surface area (Å²) in [6.45, 7) is 10.4. The maximum absolute atomic E-state index is 3.51. The first-order valence-corrected chi connectivity index (χ1v) is 6.64. The fourth-order valence-corrected chi connectivity index (χ4v) is 2.21. The molecule has 1 aliphatic heterocycles. The van der Waals surface area contributed by atoms with E-state index in [1.54, 1.807) is 0 Å². The third-order valence-corrected chi connectivity index (χ3v) is 3.30. The fraction of sp³-hybridized carbons (Fsp3) is 0.600. The Kier molecular flexibility index (Phi) is 3.60. The molecule has 1 aromatic rings. The van der Waals surface area contributed by atoms with Crippen LogP contribution < -0.4 is 10.2 Å². The largest absolute Gasteiger partial charge is 0.383 e. The first kappa shape index (κ1) is 12.3. The normalized spacial score (nSPS) is 16.1. The molecule has 0 fully saturated rings. The third kappa shape index (κ3) is 3.39. The monoisotopic (exact) mass is 232 g/mol. The van der Waals surface area contributed by atoms with Crippen LogP contribution in [0.25, 0.3) is 0 Å². The SMILES string of the molecule is CC(C)(C)CCN1CCCNc2ccccc21. The van der Waals surface area contributed by atoms with Crippen molar-refractivity contribution >= 4 is 11.4 Å². The van der Waals surface area contributed by atoms with Crippen LogP contribution in [0.4, 0.5) is 11.4 Å². The molecule has 1 aromatic carbocycles. The third-order valence-electron chi connectivity index (χ3n) is 3.30. The quantitative estimate of drug-likeness (QED) is 0.835. The molecule has 0 saturated heterocycles. The molecule has 0 unspecified atom stereocenters. The number of hydrogen-bond donors (Lipinski definition) is 1. The van der Waals surface area contributed by atoms with E-state index in [-0.39, 0.29) is 0 Å². The average molecular weight is 232 g/mol. The Morgan fingerprint density at radius 3 is 2.76 bits per heavy atom. The van der Waals surface area contributed by atoms with E-state index in [4.69, 9.17) is 0 Å². The molecule has 1 aliphatic rings. The molecule has 94 valence electrons. The van der Waals surface area contributed by atoms with E-state index in [9.17, 15) is 0 Å². The second kappa shape index (κ2) is 4.99. The first-order valence-electron chi connectivity index (χ1n) is 6.64. The summed E-state index contributed by atoms with van der Waals surface area (Å²) in [5.41, 5.74) is 3.07. The molecule has 17 heavy (non-hydrogen) atoms. The van der Waals surface area contributed by atoms with Gasteiger partial charge in [0.2, 0.25) is 0 Å². The van der Waals surface area contributed by atoms with Crippen LogP contribution in [0.2, 0.25) is 0 Å². The van der Waals surface area contributed by atoms with Gasteiger partial charge in [0.25, 0.3) is 0 Å². The van der Waals surface area contributed by atoms with Crippen molar-refractivity contribution in [3.63, 3.8) is 0 Å². The molecule has 0 aromatic heterocycles. The second-order valence-electron chi connectivity index (χ2n) is 6.10. The van der Waals surface area contributed by atoms with Gasteiger partial charge in [0.15, 0.2) is 0 Å². The van der Waals surface area contributed by atoms with Crippen molar-refractivity contribution in [3.05, 3.63) is 24.3 Å². The summed E-state index contributed by atoms with van der Waals surface area (Å²) >= 11 is 0. The summed E-state index contributed by atoms with van der Waals surface area (Å²) in [5, 5.41) is 3.51. The van der Waals surface area contributed by atoms with Crippen LogP contribution in [0.1, 0.15) is 33.6 Å². The Balaban J connectivity index is 2.12. The van der Waals surface area contributed by atoms with Crippen LogP contribution in [-0.2, 0) is 0 Å². The minimum Gasteiger partial charge on any atom is -0.383 e. The number of anilines is 2. The van der Waals surface area contributed by atoms with E-state index in [2.05, 4.69) is 55.3 Å². The van der Waals surface area contributed by atoms with Gasteiger partial charge < -0.3 is 10.2 Å². The highest BCUT2D eigenvalue weighted by Gasteiger charge is 2.17. The van der Waals surface area contributed by atoms with Crippen molar-refractivity contribution in [1.29, 1.82) is 0 Å². The molecule has 0 atom stereocenters. The van der Waals surface area contributed by atoms with Crippen molar-refractivity contribution in [1.82, 2.24) is 0 Å². The fourth-order valence-electron chi connectivity index (χ4n) is 2.21. The van der Waals surface area contributed by atoms with Gasteiger partial charge in [-0.2, -0.15) is 0 Å². The number of benzene rings is 1. The topological polar surface area (TPSA) is 15.3 Å². The van der Waals surface area contributed by atoms with Gasteiger partial charge in [0.1, 0.15) is 0 Å². The summed E-state index contributed by atoms with van der Waals surface area (Å²) < 4.78 is 0. The summed E-state index contributed by atoms with van der Waals surface area (Å²) in [4.78, 5) is 2.53. The van der Waals surface area contributed by atoms with Gasteiger partial charge >= 0.3 is 0 Å². The summed E-state index contributed by atoms with van der Waals surface area (Å²) in [7, 11) is 0. The van der Waals surface area contributed by atoms with E-state index in [1.165, 1.54) is 30.8 Å². The predicted molar refractivity (Wildman–Crippen MR) is 75.8 cm³/mol. The van der Waals surface area contributed by atoms with Crippen molar-refractivity contribution in [2.45, 2.75) is 33.6 Å². The highest BCUT2D eigenvalue weighted by Crippen LogP contribution is 2.29. The maximum Gasteiger partial charge on any atom is 0.0602 e. The van der Waals surface area contributed by atoms with Crippen LogP contribution in [0.5, 0.6) is 0 Å². The molecule has 0 saturated carbocycles. The number of rotatable bonds is 2. The van der Waals surface area contributed by atoms with Crippen molar-refractivity contribution in [3.8, 4) is 0 Å². The van der Waals surface area contributed by atoms with Crippen LogP contribution in [-0.4, -0.2) is 19.6 Å². The summed E-state index contributed by atoms with van der Waals surface area (Å²) in [6.07, 6.45) is 2.46. The Labute approximate surface area is 105 Å². The lowest BCUT2D eigenvalue weighted by molar-refractivity contribution is 0.379. The maximum atomic E-state index is 3.51. The first-order chi connectivity index (χ1) is 8.06. The molecule has 0 bridgehead atoms. The lowest BCUT2D eigenvalue weighted by Gasteiger charge is -2.28. The number of nitrogens with one attached hydrogen (secondary N) is 1.